The standard InChI is InChI=1S/C11H15BrFNOS/c1-8(5-14)6-16(15)7-9-2-10(12)4-11(13)3-9/h2-4,8H,5-7,14H2,1H3. The first-order valence-electron chi connectivity index (χ1n) is 5.01. The van der Waals surface area contributed by atoms with Gasteiger partial charge in [0.25, 0.3) is 0 Å². The molecule has 90 valence electrons. The Bertz CT molecular complexity index is 366. The molecule has 2 N–H and O–H groups in total. The number of hydrogen-bond donors (Lipinski definition) is 1. The van der Waals surface area contributed by atoms with Crippen molar-refractivity contribution in [2.45, 2.75) is 12.7 Å². The van der Waals surface area contributed by atoms with Crippen molar-refractivity contribution in [1.29, 1.82) is 0 Å². The molecule has 1 aromatic carbocycles. The van der Waals surface area contributed by atoms with Crippen molar-refractivity contribution in [1.82, 2.24) is 0 Å². The van der Waals surface area contributed by atoms with Crippen molar-refractivity contribution in [3.8, 4) is 0 Å². The highest BCUT2D eigenvalue weighted by molar-refractivity contribution is 9.10. The molecule has 0 aromatic heterocycles. The highest BCUT2D eigenvalue weighted by Crippen LogP contribution is 2.16. The lowest BCUT2D eigenvalue weighted by molar-refractivity contribution is 0.624. The molecule has 16 heavy (non-hydrogen) atoms. The number of nitrogens with two attached hydrogens (primary N) is 1. The van der Waals surface area contributed by atoms with Gasteiger partial charge in [-0.25, -0.2) is 4.39 Å². The molecule has 2 unspecified atom stereocenters. The highest BCUT2D eigenvalue weighted by atomic mass is 79.9. The van der Waals surface area contributed by atoms with Crippen molar-refractivity contribution in [3.63, 3.8) is 0 Å². The molecule has 0 amide bonds. The van der Waals surface area contributed by atoms with E-state index in [1.807, 2.05) is 6.92 Å². The van der Waals surface area contributed by atoms with E-state index in [0.717, 1.165) is 5.56 Å². The third-order valence-corrected chi connectivity index (χ3v) is 4.18. The normalized spacial score (nSPS) is 14.8. The second-order valence-corrected chi connectivity index (χ2v) is 6.29. The first-order chi connectivity index (χ1) is 7.51. The summed E-state index contributed by atoms with van der Waals surface area (Å²) in [7, 11) is -0.985. The molecular formula is C11H15BrFNOS. The van der Waals surface area contributed by atoms with Crippen molar-refractivity contribution < 1.29 is 8.60 Å². The molecule has 2 atom stereocenters. The molecule has 0 aliphatic heterocycles. The van der Waals surface area contributed by atoms with Gasteiger partial charge in [0.1, 0.15) is 5.82 Å². The number of rotatable bonds is 5. The summed E-state index contributed by atoms with van der Waals surface area (Å²) in [5, 5.41) is 0. The maximum atomic E-state index is 13.1. The maximum Gasteiger partial charge on any atom is 0.124 e. The summed E-state index contributed by atoms with van der Waals surface area (Å²) >= 11 is 3.21. The van der Waals surface area contributed by atoms with Crippen LogP contribution < -0.4 is 5.73 Å². The predicted octanol–water partition coefficient (Wildman–Crippen LogP) is 2.43. The van der Waals surface area contributed by atoms with Gasteiger partial charge in [0.2, 0.25) is 0 Å². The molecule has 0 aliphatic rings. The van der Waals surface area contributed by atoms with E-state index in [2.05, 4.69) is 15.9 Å². The summed E-state index contributed by atoms with van der Waals surface area (Å²) < 4.78 is 25.5. The van der Waals surface area contributed by atoms with Crippen LogP contribution in [0.5, 0.6) is 0 Å². The molecule has 0 aliphatic carbocycles. The zero-order valence-electron chi connectivity index (χ0n) is 9.08. The summed E-state index contributed by atoms with van der Waals surface area (Å²) in [6.45, 7) is 2.48. The van der Waals surface area contributed by atoms with E-state index in [0.29, 0.717) is 22.5 Å². The Kier molecular flexibility index (Phi) is 5.58. The first-order valence-corrected chi connectivity index (χ1v) is 7.29. The van der Waals surface area contributed by atoms with Gasteiger partial charge in [-0.1, -0.05) is 22.9 Å². The van der Waals surface area contributed by atoms with Crippen LogP contribution in [0.15, 0.2) is 22.7 Å². The second-order valence-electron chi connectivity index (χ2n) is 3.87. The van der Waals surface area contributed by atoms with E-state index in [4.69, 9.17) is 5.73 Å². The van der Waals surface area contributed by atoms with E-state index in [9.17, 15) is 8.60 Å². The fourth-order valence-corrected chi connectivity index (χ4v) is 3.26. The van der Waals surface area contributed by atoms with E-state index < -0.39 is 10.8 Å². The van der Waals surface area contributed by atoms with Crippen LogP contribution >= 0.6 is 15.9 Å². The molecule has 0 spiro atoms. The number of hydrogen-bond acceptors (Lipinski definition) is 2. The predicted molar refractivity (Wildman–Crippen MR) is 69.0 cm³/mol. The fraction of sp³-hybridized carbons (Fsp3) is 0.455. The first kappa shape index (κ1) is 13.8. The lowest BCUT2D eigenvalue weighted by atomic mass is 10.2. The van der Waals surface area contributed by atoms with Crippen LogP contribution in [0, 0.1) is 11.7 Å². The molecule has 0 saturated carbocycles. The average molecular weight is 308 g/mol. The van der Waals surface area contributed by atoms with Crippen LogP contribution in [0.25, 0.3) is 0 Å². The topological polar surface area (TPSA) is 43.1 Å². The van der Waals surface area contributed by atoms with Crippen molar-refractivity contribution in [2.24, 2.45) is 11.7 Å². The number of benzene rings is 1. The lowest BCUT2D eigenvalue weighted by Gasteiger charge is -2.08. The Morgan fingerprint density at radius 2 is 2.19 bits per heavy atom. The van der Waals surface area contributed by atoms with Crippen LogP contribution in [0.4, 0.5) is 4.39 Å². The Balaban J connectivity index is 2.62. The van der Waals surface area contributed by atoms with E-state index >= 15 is 0 Å². The van der Waals surface area contributed by atoms with Crippen LogP contribution in [-0.4, -0.2) is 16.5 Å². The molecule has 0 radical (unpaired) electrons. The Morgan fingerprint density at radius 3 is 2.75 bits per heavy atom. The molecular weight excluding hydrogens is 293 g/mol. The van der Waals surface area contributed by atoms with E-state index in [1.54, 1.807) is 6.07 Å². The van der Waals surface area contributed by atoms with Gasteiger partial charge in [-0.05, 0) is 36.2 Å². The molecule has 1 rings (SSSR count). The summed E-state index contributed by atoms with van der Waals surface area (Å²) in [5.41, 5.74) is 6.20. The maximum absolute atomic E-state index is 13.1. The molecule has 2 nitrogen and oxygen atoms in total. The molecule has 0 heterocycles. The van der Waals surface area contributed by atoms with Crippen molar-refractivity contribution in [3.05, 3.63) is 34.1 Å². The van der Waals surface area contributed by atoms with Gasteiger partial charge in [-0.3, -0.25) is 4.21 Å². The van der Waals surface area contributed by atoms with Crippen molar-refractivity contribution >= 4 is 26.7 Å². The van der Waals surface area contributed by atoms with E-state index in [1.165, 1.54) is 12.1 Å². The molecule has 0 saturated heterocycles. The minimum absolute atomic E-state index is 0.234. The third kappa shape index (κ3) is 4.72. The lowest BCUT2D eigenvalue weighted by Crippen LogP contribution is -2.18. The minimum atomic E-state index is -0.985. The van der Waals surface area contributed by atoms with E-state index in [-0.39, 0.29) is 11.7 Å². The highest BCUT2D eigenvalue weighted by Gasteiger charge is 2.08. The minimum Gasteiger partial charge on any atom is -0.330 e. The smallest absolute Gasteiger partial charge is 0.124 e. The third-order valence-electron chi connectivity index (χ3n) is 2.12. The fourth-order valence-electron chi connectivity index (χ4n) is 1.32. The van der Waals surface area contributed by atoms with Gasteiger partial charge >= 0.3 is 0 Å². The van der Waals surface area contributed by atoms with Crippen LogP contribution in [-0.2, 0) is 16.6 Å². The summed E-state index contributed by atoms with van der Waals surface area (Å²) in [6, 6.07) is 4.58. The number of halogens is 2. The van der Waals surface area contributed by atoms with Gasteiger partial charge in [0, 0.05) is 26.8 Å². The van der Waals surface area contributed by atoms with Crippen LogP contribution in [0.1, 0.15) is 12.5 Å². The quantitative estimate of drug-likeness (QED) is 0.908. The van der Waals surface area contributed by atoms with Crippen LogP contribution in [0.2, 0.25) is 0 Å². The summed E-state index contributed by atoms with van der Waals surface area (Å²) in [4.78, 5) is 0. The average Bonchev–Trinajstić information content (AvgIpc) is 2.15. The Labute approximate surface area is 106 Å². The zero-order chi connectivity index (χ0) is 12.1. The molecule has 1 aromatic rings. The van der Waals surface area contributed by atoms with Gasteiger partial charge in [0.05, 0.1) is 0 Å². The Hall–Kier alpha value is -0.260. The molecule has 5 heteroatoms. The second kappa shape index (κ2) is 6.47. The summed E-state index contributed by atoms with van der Waals surface area (Å²) in [5.74, 6) is 0.858. The van der Waals surface area contributed by atoms with Gasteiger partial charge in [0.15, 0.2) is 0 Å². The molecule has 0 bridgehead atoms. The van der Waals surface area contributed by atoms with Crippen LogP contribution in [0.3, 0.4) is 0 Å². The SMILES string of the molecule is CC(CN)CS(=O)Cc1cc(F)cc(Br)c1. The summed E-state index contributed by atoms with van der Waals surface area (Å²) in [6.07, 6.45) is 0. The monoisotopic (exact) mass is 307 g/mol. The zero-order valence-corrected chi connectivity index (χ0v) is 11.5. The Morgan fingerprint density at radius 1 is 1.50 bits per heavy atom. The largest absolute Gasteiger partial charge is 0.330 e. The molecule has 0 fully saturated rings. The van der Waals surface area contributed by atoms with Gasteiger partial charge in [-0.2, -0.15) is 0 Å². The van der Waals surface area contributed by atoms with Crippen molar-refractivity contribution in [2.75, 3.05) is 12.3 Å². The van der Waals surface area contributed by atoms with Gasteiger partial charge < -0.3 is 5.73 Å². The van der Waals surface area contributed by atoms with Gasteiger partial charge in [-0.15, -0.1) is 0 Å².